The second-order valence-electron chi connectivity index (χ2n) is 7.33. The van der Waals surface area contributed by atoms with E-state index < -0.39 is 16.2 Å². The van der Waals surface area contributed by atoms with Gasteiger partial charge in [0, 0.05) is 24.3 Å². The maximum Gasteiger partial charge on any atom is 0.336 e. The van der Waals surface area contributed by atoms with Crippen LogP contribution in [0.3, 0.4) is 0 Å². The highest BCUT2D eigenvalue weighted by atomic mass is 16.6. The quantitative estimate of drug-likeness (QED) is 0.305. The molecule has 0 aliphatic heterocycles. The molecule has 10 nitrogen and oxygen atoms in total. The minimum Gasteiger partial charge on any atom is -0.493 e. The third kappa shape index (κ3) is 3.85. The highest BCUT2D eigenvalue weighted by Gasteiger charge is 2.19. The van der Waals surface area contributed by atoms with Crippen molar-refractivity contribution in [3.63, 3.8) is 0 Å². The van der Waals surface area contributed by atoms with Crippen LogP contribution in [-0.2, 0) is 6.54 Å². The van der Waals surface area contributed by atoms with Gasteiger partial charge in [0.1, 0.15) is 0 Å². The van der Waals surface area contributed by atoms with Gasteiger partial charge in [0.05, 0.1) is 49.4 Å². The fourth-order valence-electron chi connectivity index (χ4n) is 3.80. The molecule has 0 spiro atoms. The zero-order chi connectivity index (χ0) is 24.4. The van der Waals surface area contributed by atoms with Gasteiger partial charge in [-0.3, -0.25) is 19.5 Å². The summed E-state index contributed by atoms with van der Waals surface area (Å²) >= 11 is 0. The Labute approximate surface area is 193 Å². The Kier molecular flexibility index (Phi) is 6.05. The molecule has 0 saturated heterocycles. The zero-order valence-electron chi connectivity index (χ0n) is 18.7. The molecular formula is C24H21N3O7. The number of hydrogen-bond acceptors (Lipinski definition) is 7. The van der Waals surface area contributed by atoms with Gasteiger partial charge in [0.25, 0.3) is 11.2 Å². The molecule has 0 N–H and O–H groups in total. The lowest BCUT2D eigenvalue weighted by Gasteiger charge is -2.17. The largest absolute Gasteiger partial charge is 0.493 e. The summed E-state index contributed by atoms with van der Waals surface area (Å²) < 4.78 is 18.6. The third-order valence-corrected chi connectivity index (χ3v) is 5.45. The summed E-state index contributed by atoms with van der Waals surface area (Å²) in [5.74, 6) is 0.908. The molecule has 0 atom stereocenters. The van der Waals surface area contributed by atoms with Gasteiger partial charge in [0.2, 0.25) is 5.75 Å². The summed E-state index contributed by atoms with van der Waals surface area (Å²) in [4.78, 5) is 37.5. The van der Waals surface area contributed by atoms with Crippen molar-refractivity contribution in [1.82, 2.24) is 9.13 Å². The van der Waals surface area contributed by atoms with E-state index in [4.69, 9.17) is 14.2 Å². The average molecular weight is 463 g/mol. The van der Waals surface area contributed by atoms with Crippen molar-refractivity contribution >= 4 is 16.6 Å². The van der Waals surface area contributed by atoms with E-state index in [1.807, 2.05) is 0 Å². The molecule has 0 unspecified atom stereocenters. The van der Waals surface area contributed by atoms with Crippen molar-refractivity contribution in [3.8, 4) is 22.9 Å². The number of nitrogens with zero attached hydrogens (tertiary/aromatic N) is 3. The topological polar surface area (TPSA) is 115 Å². The second-order valence-corrected chi connectivity index (χ2v) is 7.33. The Bertz CT molecular complexity index is 1480. The van der Waals surface area contributed by atoms with Crippen LogP contribution in [0.1, 0.15) is 5.56 Å². The number of fused-ring (bicyclic) bond motifs is 1. The van der Waals surface area contributed by atoms with Gasteiger partial charge in [-0.15, -0.1) is 0 Å². The van der Waals surface area contributed by atoms with Crippen LogP contribution >= 0.6 is 0 Å². The fourth-order valence-corrected chi connectivity index (χ4v) is 3.80. The molecule has 0 radical (unpaired) electrons. The number of nitro groups is 1. The molecule has 3 aromatic carbocycles. The number of para-hydroxylation sites is 1. The molecule has 0 saturated carbocycles. The molecule has 0 aliphatic rings. The van der Waals surface area contributed by atoms with Gasteiger partial charge in [-0.1, -0.05) is 24.3 Å². The van der Waals surface area contributed by atoms with E-state index in [2.05, 4.69) is 0 Å². The summed E-state index contributed by atoms with van der Waals surface area (Å²) in [6.07, 6.45) is 0. The first-order chi connectivity index (χ1) is 16.4. The van der Waals surface area contributed by atoms with E-state index in [9.17, 15) is 19.7 Å². The van der Waals surface area contributed by atoms with Crippen LogP contribution in [0, 0.1) is 10.1 Å². The van der Waals surface area contributed by atoms with E-state index in [1.165, 1.54) is 50.2 Å². The van der Waals surface area contributed by atoms with Crippen LogP contribution in [0.2, 0.25) is 0 Å². The Hall–Kier alpha value is -4.60. The first kappa shape index (κ1) is 22.6. The van der Waals surface area contributed by atoms with Crippen LogP contribution in [0.15, 0.2) is 70.3 Å². The summed E-state index contributed by atoms with van der Waals surface area (Å²) in [6, 6.07) is 15.7. The monoisotopic (exact) mass is 463 g/mol. The van der Waals surface area contributed by atoms with E-state index in [-0.39, 0.29) is 17.9 Å². The minimum absolute atomic E-state index is 0.0525. The Morgan fingerprint density at radius 2 is 1.50 bits per heavy atom. The Morgan fingerprint density at radius 1 is 0.882 bits per heavy atom. The number of hydrogen-bond donors (Lipinski definition) is 0. The zero-order valence-corrected chi connectivity index (χ0v) is 18.7. The molecule has 0 fully saturated rings. The number of non-ortho nitro benzene ring substituents is 1. The highest BCUT2D eigenvalue weighted by Crippen LogP contribution is 2.38. The second kappa shape index (κ2) is 9.10. The maximum atomic E-state index is 13.6. The van der Waals surface area contributed by atoms with Gasteiger partial charge in [-0.05, 0) is 17.7 Å². The smallest absolute Gasteiger partial charge is 0.336 e. The third-order valence-electron chi connectivity index (χ3n) is 5.45. The minimum atomic E-state index is -0.587. The van der Waals surface area contributed by atoms with Crippen LogP contribution in [0.25, 0.3) is 16.6 Å². The Morgan fingerprint density at radius 3 is 2.06 bits per heavy atom. The predicted molar refractivity (Wildman–Crippen MR) is 126 cm³/mol. The molecule has 1 aromatic heterocycles. The number of methoxy groups -OCH3 is 3. The van der Waals surface area contributed by atoms with Crippen LogP contribution in [0.5, 0.6) is 17.2 Å². The molecule has 1 heterocycles. The molecule has 4 rings (SSSR count). The van der Waals surface area contributed by atoms with Gasteiger partial charge >= 0.3 is 5.69 Å². The summed E-state index contributed by atoms with van der Waals surface area (Å²) in [5, 5.41) is 11.3. The van der Waals surface area contributed by atoms with Gasteiger partial charge in [-0.2, -0.15) is 0 Å². The molecular weight excluding hydrogens is 442 g/mol. The number of benzene rings is 3. The van der Waals surface area contributed by atoms with Crippen molar-refractivity contribution in [2.75, 3.05) is 21.3 Å². The number of ether oxygens (including phenoxy) is 3. The predicted octanol–water partition coefficient (Wildman–Crippen LogP) is 3.13. The summed E-state index contributed by atoms with van der Waals surface area (Å²) in [5.41, 5.74) is 0.203. The van der Waals surface area contributed by atoms with Crippen molar-refractivity contribution in [1.29, 1.82) is 0 Å². The van der Waals surface area contributed by atoms with Crippen molar-refractivity contribution in [2.45, 2.75) is 6.54 Å². The van der Waals surface area contributed by atoms with Gasteiger partial charge in [0.15, 0.2) is 11.5 Å². The van der Waals surface area contributed by atoms with Gasteiger partial charge < -0.3 is 14.2 Å². The first-order valence-corrected chi connectivity index (χ1v) is 10.2. The molecule has 0 amide bonds. The molecule has 174 valence electrons. The van der Waals surface area contributed by atoms with Crippen molar-refractivity contribution < 1.29 is 19.1 Å². The normalized spacial score (nSPS) is 10.8. The van der Waals surface area contributed by atoms with Crippen molar-refractivity contribution in [3.05, 3.63) is 97.2 Å². The van der Waals surface area contributed by atoms with Crippen LogP contribution < -0.4 is 25.5 Å². The summed E-state index contributed by atoms with van der Waals surface area (Å²) in [7, 11) is 4.34. The fraction of sp³-hybridized carbons (Fsp3) is 0.167. The average Bonchev–Trinajstić information content (AvgIpc) is 2.86. The van der Waals surface area contributed by atoms with Crippen molar-refractivity contribution in [2.24, 2.45) is 0 Å². The number of aromatic nitrogens is 2. The lowest BCUT2D eigenvalue weighted by atomic mass is 10.2. The molecule has 0 aliphatic carbocycles. The Balaban J connectivity index is 1.97. The van der Waals surface area contributed by atoms with Gasteiger partial charge in [-0.25, -0.2) is 9.36 Å². The SMILES string of the molecule is COc1cc(-n2c(=O)c3ccccc3n(Cc3ccc([N+](=O)[O-])cc3)c2=O)cc(OC)c1OC. The van der Waals surface area contributed by atoms with E-state index in [1.54, 1.807) is 36.4 Å². The van der Waals surface area contributed by atoms with Crippen LogP contribution in [0.4, 0.5) is 5.69 Å². The molecule has 34 heavy (non-hydrogen) atoms. The molecule has 10 heteroatoms. The van der Waals surface area contributed by atoms with E-state index in [0.29, 0.717) is 33.7 Å². The molecule has 4 aromatic rings. The number of nitro benzene ring substituents is 1. The maximum absolute atomic E-state index is 13.6. The molecule has 0 bridgehead atoms. The lowest BCUT2D eigenvalue weighted by molar-refractivity contribution is -0.384. The standard InChI is InChI=1S/C24H21N3O7/c1-32-20-12-17(13-21(33-2)22(20)34-3)26-23(28)18-6-4-5-7-19(18)25(24(26)29)14-15-8-10-16(11-9-15)27(30)31/h4-13H,14H2,1-3H3. The van der Waals surface area contributed by atoms with E-state index >= 15 is 0 Å². The van der Waals surface area contributed by atoms with Crippen LogP contribution in [-0.4, -0.2) is 35.4 Å². The summed E-state index contributed by atoms with van der Waals surface area (Å²) in [6.45, 7) is 0.0993. The highest BCUT2D eigenvalue weighted by molar-refractivity contribution is 5.78. The van der Waals surface area contributed by atoms with E-state index in [0.717, 1.165) is 4.57 Å². The first-order valence-electron chi connectivity index (χ1n) is 10.2. The number of rotatable bonds is 7. The lowest BCUT2D eigenvalue weighted by Crippen LogP contribution is -2.39.